The van der Waals surface area contributed by atoms with Crippen molar-refractivity contribution in [1.29, 1.82) is 0 Å². The van der Waals surface area contributed by atoms with Gasteiger partial charge in [0.2, 0.25) is 5.91 Å². The minimum atomic E-state index is -0.921. The highest BCUT2D eigenvalue weighted by molar-refractivity contribution is 9.10. The van der Waals surface area contributed by atoms with Crippen LogP contribution in [0.2, 0.25) is 0 Å². The van der Waals surface area contributed by atoms with Crippen LogP contribution < -0.4 is 9.47 Å². The molecule has 0 aliphatic carbocycles. The Balaban J connectivity index is 2.39. The van der Waals surface area contributed by atoms with Crippen molar-refractivity contribution in [3.05, 3.63) is 52.0 Å². The SMILES string of the molecule is CCN(Cc1cc(Br)ccc1Oc1cc(CC(=O)O)ccc1OC)C(C)=O. The Morgan fingerprint density at radius 2 is 1.81 bits per heavy atom. The zero-order chi connectivity index (χ0) is 20.0. The summed E-state index contributed by atoms with van der Waals surface area (Å²) in [5.74, 6) is 0.547. The Hall–Kier alpha value is -2.54. The number of carboxylic acids is 1. The van der Waals surface area contributed by atoms with Gasteiger partial charge >= 0.3 is 5.97 Å². The number of hydrogen-bond acceptors (Lipinski definition) is 4. The van der Waals surface area contributed by atoms with Crippen molar-refractivity contribution in [2.75, 3.05) is 13.7 Å². The van der Waals surface area contributed by atoms with Gasteiger partial charge in [0.25, 0.3) is 0 Å². The van der Waals surface area contributed by atoms with Crippen LogP contribution in [0.5, 0.6) is 17.2 Å². The molecule has 0 aliphatic heterocycles. The van der Waals surface area contributed by atoms with Gasteiger partial charge in [-0.15, -0.1) is 0 Å². The van der Waals surface area contributed by atoms with E-state index in [1.54, 1.807) is 29.2 Å². The normalized spacial score (nSPS) is 10.4. The van der Waals surface area contributed by atoms with Crippen LogP contribution in [0.4, 0.5) is 0 Å². The minimum Gasteiger partial charge on any atom is -0.493 e. The van der Waals surface area contributed by atoms with Crippen LogP contribution in [-0.2, 0) is 22.6 Å². The number of rotatable bonds is 8. The van der Waals surface area contributed by atoms with E-state index >= 15 is 0 Å². The first kappa shape index (κ1) is 20.8. The average molecular weight is 436 g/mol. The number of carbonyl (C=O) groups excluding carboxylic acids is 1. The molecule has 1 N–H and O–H groups in total. The summed E-state index contributed by atoms with van der Waals surface area (Å²) in [6, 6.07) is 10.6. The van der Waals surface area contributed by atoms with Crippen molar-refractivity contribution in [2.24, 2.45) is 0 Å². The number of hydrogen-bond donors (Lipinski definition) is 1. The fourth-order valence-corrected chi connectivity index (χ4v) is 3.03. The predicted octanol–water partition coefficient (Wildman–Crippen LogP) is 4.25. The summed E-state index contributed by atoms with van der Waals surface area (Å²) in [4.78, 5) is 24.5. The standard InChI is InChI=1S/C20H22BrNO5/c1-4-22(13(2)23)12-15-11-16(21)6-8-17(15)27-19-9-14(10-20(24)25)5-7-18(19)26-3/h5-9,11H,4,10,12H2,1-3H3,(H,24,25). The lowest BCUT2D eigenvalue weighted by Gasteiger charge is -2.21. The molecule has 144 valence electrons. The van der Waals surface area contributed by atoms with Crippen molar-refractivity contribution >= 4 is 27.8 Å². The van der Waals surface area contributed by atoms with Crippen molar-refractivity contribution in [1.82, 2.24) is 4.90 Å². The molecule has 0 fully saturated rings. The molecule has 0 bridgehead atoms. The van der Waals surface area contributed by atoms with Crippen LogP contribution in [0.25, 0.3) is 0 Å². The third-order valence-electron chi connectivity index (χ3n) is 4.01. The third-order valence-corrected chi connectivity index (χ3v) is 4.51. The third kappa shape index (κ3) is 5.72. The number of aliphatic carboxylic acids is 1. The molecule has 2 rings (SSSR count). The van der Waals surface area contributed by atoms with Crippen LogP contribution in [0.3, 0.4) is 0 Å². The molecule has 0 radical (unpaired) electrons. The first-order valence-electron chi connectivity index (χ1n) is 8.44. The van der Waals surface area contributed by atoms with Gasteiger partial charge in [-0.2, -0.15) is 0 Å². The van der Waals surface area contributed by atoms with Gasteiger partial charge in [-0.25, -0.2) is 0 Å². The Labute approximate surface area is 166 Å². The molecule has 0 heterocycles. The van der Waals surface area contributed by atoms with Gasteiger partial charge in [0.15, 0.2) is 11.5 Å². The van der Waals surface area contributed by atoms with E-state index in [0.717, 1.165) is 10.0 Å². The highest BCUT2D eigenvalue weighted by atomic mass is 79.9. The second-order valence-corrected chi connectivity index (χ2v) is 6.86. The van der Waals surface area contributed by atoms with E-state index < -0.39 is 5.97 Å². The second-order valence-electron chi connectivity index (χ2n) is 5.94. The summed E-state index contributed by atoms with van der Waals surface area (Å²) in [6.45, 7) is 4.43. The minimum absolute atomic E-state index is 0.0236. The molecule has 7 heteroatoms. The number of halogens is 1. The number of amides is 1. The molecular formula is C20H22BrNO5. The van der Waals surface area contributed by atoms with Crippen LogP contribution in [0.15, 0.2) is 40.9 Å². The highest BCUT2D eigenvalue weighted by Gasteiger charge is 2.15. The quantitative estimate of drug-likeness (QED) is 0.670. The summed E-state index contributed by atoms with van der Waals surface area (Å²) < 4.78 is 12.3. The van der Waals surface area contributed by atoms with Gasteiger partial charge < -0.3 is 19.5 Å². The monoisotopic (exact) mass is 435 g/mol. The number of benzene rings is 2. The molecule has 27 heavy (non-hydrogen) atoms. The number of methoxy groups -OCH3 is 1. The van der Waals surface area contributed by atoms with Crippen LogP contribution >= 0.6 is 15.9 Å². The largest absolute Gasteiger partial charge is 0.493 e. The fraction of sp³-hybridized carbons (Fsp3) is 0.300. The molecule has 0 saturated carbocycles. The van der Waals surface area contributed by atoms with Crippen molar-refractivity contribution in [3.63, 3.8) is 0 Å². The fourth-order valence-electron chi connectivity index (χ4n) is 2.63. The Bertz CT molecular complexity index is 837. The number of nitrogens with zero attached hydrogens (tertiary/aromatic N) is 1. The summed E-state index contributed by atoms with van der Waals surface area (Å²) >= 11 is 3.45. The lowest BCUT2D eigenvalue weighted by molar-refractivity contribution is -0.136. The van der Waals surface area contributed by atoms with Crippen LogP contribution in [0.1, 0.15) is 25.0 Å². The average Bonchev–Trinajstić information content (AvgIpc) is 2.61. The second kappa shape index (κ2) is 9.41. The lowest BCUT2D eigenvalue weighted by atomic mass is 10.1. The maximum Gasteiger partial charge on any atom is 0.307 e. The summed E-state index contributed by atoms with van der Waals surface area (Å²) in [7, 11) is 1.52. The summed E-state index contributed by atoms with van der Waals surface area (Å²) in [5, 5.41) is 9.01. The molecular weight excluding hydrogens is 414 g/mol. The summed E-state index contributed by atoms with van der Waals surface area (Å²) in [5.41, 5.74) is 1.43. The van der Waals surface area contributed by atoms with E-state index in [4.69, 9.17) is 14.6 Å². The topological polar surface area (TPSA) is 76.1 Å². The van der Waals surface area contributed by atoms with Gasteiger partial charge in [-0.3, -0.25) is 9.59 Å². The van der Waals surface area contributed by atoms with E-state index in [1.807, 2.05) is 19.1 Å². The van der Waals surface area contributed by atoms with E-state index in [2.05, 4.69) is 15.9 Å². The van der Waals surface area contributed by atoms with E-state index in [0.29, 0.717) is 35.9 Å². The smallest absolute Gasteiger partial charge is 0.307 e. The van der Waals surface area contributed by atoms with E-state index in [-0.39, 0.29) is 12.3 Å². The zero-order valence-electron chi connectivity index (χ0n) is 15.5. The van der Waals surface area contributed by atoms with Crippen molar-refractivity contribution < 1.29 is 24.2 Å². The van der Waals surface area contributed by atoms with Gasteiger partial charge in [-0.1, -0.05) is 22.0 Å². The maximum atomic E-state index is 11.8. The first-order chi connectivity index (χ1) is 12.8. The highest BCUT2D eigenvalue weighted by Crippen LogP contribution is 2.35. The molecule has 0 spiro atoms. The van der Waals surface area contributed by atoms with Gasteiger partial charge in [0, 0.05) is 30.0 Å². The first-order valence-corrected chi connectivity index (χ1v) is 9.23. The van der Waals surface area contributed by atoms with Crippen LogP contribution in [0, 0.1) is 0 Å². The van der Waals surface area contributed by atoms with Gasteiger partial charge in [-0.05, 0) is 42.8 Å². The molecule has 2 aromatic carbocycles. The molecule has 0 atom stereocenters. The summed E-state index contributed by atoms with van der Waals surface area (Å²) in [6.07, 6.45) is -0.110. The number of carbonyl (C=O) groups is 2. The molecule has 6 nitrogen and oxygen atoms in total. The molecule has 1 amide bonds. The lowest BCUT2D eigenvalue weighted by Crippen LogP contribution is -2.27. The maximum absolute atomic E-state index is 11.8. The van der Waals surface area contributed by atoms with Gasteiger partial charge in [0.1, 0.15) is 5.75 Å². The van der Waals surface area contributed by atoms with Crippen molar-refractivity contribution in [3.8, 4) is 17.2 Å². The molecule has 0 unspecified atom stereocenters. The number of ether oxygens (including phenoxy) is 2. The van der Waals surface area contributed by atoms with Gasteiger partial charge in [0.05, 0.1) is 13.5 Å². The van der Waals surface area contributed by atoms with Crippen molar-refractivity contribution in [2.45, 2.75) is 26.8 Å². The van der Waals surface area contributed by atoms with Crippen LogP contribution in [-0.4, -0.2) is 35.5 Å². The Kier molecular flexibility index (Phi) is 7.24. The molecule has 0 aliphatic rings. The Morgan fingerprint density at radius 1 is 1.11 bits per heavy atom. The van der Waals surface area contributed by atoms with E-state index in [9.17, 15) is 9.59 Å². The van der Waals surface area contributed by atoms with E-state index in [1.165, 1.54) is 14.0 Å². The predicted molar refractivity (Wildman–Crippen MR) is 105 cm³/mol. The molecule has 0 aromatic heterocycles. The Morgan fingerprint density at radius 3 is 2.41 bits per heavy atom. The zero-order valence-corrected chi connectivity index (χ0v) is 17.1. The number of carboxylic acid groups (broad SMARTS) is 1. The molecule has 2 aromatic rings. The molecule has 0 saturated heterocycles.